The SMILES string of the molecule is O=[N+]([O-])c1ccc(O[P@@]2(=O)O[C@H](c3ccccc3)CC=C(c3ccccc3)S2)cc1. The summed E-state index contributed by atoms with van der Waals surface area (Å²) in [5.41, 5.74) is 1.76. The largest absolute Gasteiger partial charge is 0.445 e. The Labute approximate surface area is 178 Å². The van der Waals surface area contributed by atoms with Crippen molar-refractivity contribution in [2.45, 2.75) is 12.5 Å². The third kappa shape index (κ3) is 4.82. The second-order valence-corrected chi connectivity index (χ2v) is 10.4. The van der Waals surface area contributed by atoms with Crippen LogP contribution >= 0.6 is 18.2 Å². The summed E-state index contributed by atoms with van der Waals surface area (Å²) in [6.45, 7) is -3.68. The maximum absolute atomic E-state index is 13.8. The van der Waals surface area contributed by atoms with Crippen molar-refractivity contribution in [2.24, 2.45) is 0 Å². The highest BCUT2D eigenvalue weighted by Gasteiger charge is 2.36. The predicted molar refractivity (Wildman–Crippen MR) is 118 cm³/mol. The number of hydrogen-bond donors (Lipinski definition) is 0. The highest BCUT2D eigenvalue weighted by Crippen LogP contribution is 2.68. The van der Waals surface area contributed by atoms with Gasteiger partial charge in [0.05, 0.1) is 11.0 Å². The summed E-state index contributed by atoms with van der Waals surface area (Å²) in [6.07, 6.45) is 2.11. The minimum absolute atomic E-state index is 0.0675. The van der Waals surface area contributed by atoms with Gasteiger partial charge < -0.3 is 4.52 Å². The normalized spacial score (nSPS) is 21.3. The second-order valence-electron chi connectivity index (χ2n) is 6.56. The van der Waals surface area contributed by atoms with E-state index in [0.717, 1.165) is 27.4 Å². The molecule has 3 aromatic rings. The van der Waals surface area contributed by atoms with Gasteiger partial charge in [0.15, 0.2) is 0 Å². The van der Waals surface area contributed by atoms with Crippen molar-refractivity contribution >= 4 is 28.8 Å². The Kier molecular flexibility index (Phi) is 6.04. The number of hydrogen-bond acceptors (Lipinski definition) is 6. The zero-order chi connectivity index (χ0) is 21.0. The average Bonchev–Trinajstić information content (AvgIpc) is 2.94. The lowest BCUT2D eigenvalue weighted by Gasteiger charge is -2.22. The van der Waals surface area contributed by atoms with Crippen molar-refractivity contribution in [3.05, 3.63) is 112 Å². The zero-order valence-electron chi connectivity index (χ0n) is 15.8. The molecule has 8 heteroatoms. The molecule has 0 saturated heterocycles. The zero-order valence-corrected chi connectivity index (χ0v) is 17.5. The van der Waals surface area contributed by atoms with Crippen LogP contribution in [-0.2, 0) is 9.09 Å². The first kappa shape index (κ1) is 20.4. The van der Waals surface area contributed by atoms with Gasteiger partial charge in [-0.3, -0.25) is 14.6 Å². The van der Waals surface area contributed by atoms with E-state index in [1.54, 1.807) is 0 Å². The summed E-state index contributed by atoms with van der Waals surface area (Å²) in [4.78, 5) is 11.2. The smallest absolute Gasteiger partial charge is 0.417 e. The Bertz CT molecular complexity index is 1100. The quantitative estimate of drug-likeness (QED) is 0.242. The molecule has 30 heavy (non-hydrogen) atoms. The fraction of sp³-hybridized carbons (Fsp3) is 0.0909. The molecule has 6 nitrogen and oxygen atoms in total. The highest BCUT2D eigenvalue weighted by atomic mass is 32.7. The Hall–Kier alpha value is -2.86. The molecule has 0 spiro atoms. The first-order valence-electron chi connectivity index (χ1n) is 9.25. The van der Waals surface area contributed by atoms with E-state index in [1.165, 1.54) is 24.3 Å². The minimum atomic E-state index is -3.68. The monoisotopic (exact) mass is 439 g/mol. The van der Waals surface area contributed by atoms with E-state index in [2.05, 4.69) is 0 Å². The van der Waals surface area contributed by atoms with Crippen molar-refractivity contribution < 1.29 is 18.5 Å². The highest BCUT2D eigenvalue weighted by molar-refractivity contribution is 8.59. The molecule has 1 aliphatic heterocycles. The Morgan fingerprint density at radius 1 is 0.967 bits per heavy atom. The van der Waals surface area contributed by atoms with E-state index in [0.29, 0.717) is 6.42 Å². The first-order valence-corrected chi connectivity index (χ1v) is 12.2. The molecule has 152 valence electrons. The van der Waals surface area contributed by atoms with Gasteiger partial charge >= 0.3 is 6.80 Å². The number of benzene rings is 3. The molecule has 0 saturated carbocycles. The lowest BCUT2D eigenvalue weighted by Crippen LogP contribution is -2.02. The summed E-state index contributed by atoms with van der Waals surface area (Å²) >= 11 is 1.05. The minimum Gasteiger partial charge on any atom is -0.417 e. The Morgan fingerprint density at radius 2 is 1.60 bits per heavy atom. The molecule has 0 bridgehead atoms. The summed E-state index contributed by atoms with van der Waals surface area (Å²) < 4.78 is 25.6. The number of rotatable bonds is 5. The maximum atomic E-state index is 13.8. The van der Waals surface area contributed by atoms with Gasteiger partial charge in [-0.2, -0.15) is 0 Å². The molecule has 0 N–H and O–H groups in total. The molecular weight excluding hydrogens is 421 g/mol. The summed E-state index contributed by atoms with van der Waals surface area (Å²) in [6, 6.07) is 24.7. The molecule has 0 aromatic heterocycles. The van der Waals surface area contributed by atoms with Gasteiger partial charge in [0, 0.05) is 28.4 Å². The van der Waals surface area contributed by atoms with E-state index < -0.39 is 17.8 Å². The van der Waals surface area contributed by atoms with E-state index in [1.807, 2.05) is 66.7 Å². The molecule has 1 heterocycles. The van der Waals surface area contributed by atoms with E-state index in [4.69, 9.17) is 9.05 Å². The maximum Gasteiger partial charge on any atom is 0.445 e. The number of non-ortho nitro benzene ring substituents is 1. The number of nitrogens with zero attached hydrogens (tertiary/aromatic N) is 1. The fourth-order valence-electron chi connectivity index (χ4n) is 3.03. The van der Waals surface area contributed by atoms with Gasteiger partial charge in [0.1, 0.15) is 5.75 Å². The van der Waals surface area contributed by atoms with E-state index >= 15 is 0 Å². The van der Waals surface area contributed by atoms with Crippen LogP contribution in [-0.4, -0.2) is 4.92 Å². The molecule has 4 rings (SSSR count). The van der Waals surface area contributed by atoms with Crippen LogP contribution in [0.1, 0.15) is 23.7 Å². The van der Waals surface area contributed by atoms with Gasteiger partial charge in [-0.05, 0) is 29.7 Å². The fourth-order valence-corrected chi connectivity index (χ4v) is 6.78. The predicted octanol–water partition coefficient (Wildman–Crippen LogP) is 7.02. The molecule has 0 radical (unpaired) electrons. The number of nitro benzene ring substituents is 1. The molecule has 3 aromatic carbocycles. The van der Waals surface area contributed by atoms with E-state index in [-0.39, 0.29) is 11.4 Å². The lowest BCUT2D eigenvalue weighted by molar-refractivity contribution is -0.384. The topological polar surface area (TPSA) is 78.7 Å². The van der Waals surface area contributed by atoms with Crippen LogP contribution in [0.3, 0.4) is 0 Å². The third-order valence-electron chi connectivity index (χ3n) is 4.48. The van der Waals surface area contributed by atoms with Crippen LogP contribution in [0.2, 0.25) is 0 Å². The average molecular weight is 439 g/mol. The number of nitro groups is 1. The Balaban J connectivity index is 1.67. The molecule has 2 atom stereocenters. The van der Waals surface area contributed by atoms with Gasteiger partial charge in [0.25, 0.3) is 5.69 Å². The van der Waals surface area contributed by atoms with Crippen LogP contribution in [0.4, 0.5) is 5.69 Å². The van der Waals surface area contributed by atoms with Gasteiger partial charge in [-0.15, -0.1) is 0 Å². The molecule has 0 amide bonds. The summed E-state index contributed by atoms with van der Waals surface area (Å²) in [5.74, 6) is 0.248. The standard InChI is InChI=1S/C22H18NO5PS/c24-23(25)19-11-13-20(14-12-19)27-29(26)28-21(17-7-3-1-4-8-17)15-16-22(30-29)18-9-5-2-6-10-18/h1-14,16,21H,15H2/t21-,29-/m0/s1. The van der Waals surface area contributed by atoms with Crippen molar-refractivity contribution in [2.75, 3.05) is 0 Å². The van der Waals surface area contributed by atoms with Crippen molar-refractivity contribution in [3.63, 3.8) is 0 Å². The first-order chi connectivity index (χ1) is 14.5. The van der Waals surface area contributed by atoms with Crippen LogP contribution in [0.25, 0.3) is 4.91 Å². The van der Waals surface area contributed by atoms with Crippen molar-refractivity contribution in [1.82, 2.24) is 0 Å². The molecule has 1 aliphatic rings. The van der Waals surface area contributed by atoms with Gasteiger partial charge in [-0.1, -0.05) is 66.7 Å². The lowest BCUT2D eigenvalue weighted by atomic mass is 10.1. The van der Waals surface area contributed by atoms with Crippen molar-refractivity contribution in [1.29, 1.82) is 0 Å². The van der Waals surface area contributed by atoms with Gasteiger partial charge in [-0.25, -0.2) is 4.57 Å². The molecule has 0 unspecified atom stereocenters. The van der Waals surface area contributed by atoms with Crippen LogP contribution in [0.15, 0.2) is 91.0 Å². The Morgan fingerprint density at radius 3 is 2.23 bits per heavy atom. The molecule has 0 fully saturated rings. The van der Waals surface area contributed by atoms with Gasteiger partial charge in [0.2, 0.25) is 0 Å². The van der Waals surface area contributed by atoms with E-state index in [9.17, 15) is 14.7 Å². The summed E-state index contributed by atoms with van der Waals surface area (Å²) in [5, 5.41) is 10.9. The third-order valence-corrected chi connectivity index (χ3v) is 7.99. The van der Waals surface area contributed by atoms with Crippen molar-refractivity contribution in [3.8, 4) is 5.75 Å². The molecule has 0 aliphatic carbocycles. The van der Waals surface area contributed by atoms with Crippen LogP contribution in [0, 0.1) is 10.1 Å². The van der Waals surface area contributed by atoms with Crippen LogP contribution in [0.5, 0.6) is 5.75 Å². The molecular formula is C22H18NO5PS. The summed E-state index contributed by atoms with van der Waals surface area (Å²) in [7, 11) is 0. The second kappa shape index (κ2) is 8.88. The van der Waals surface area contributed by atoms with Crippen LogP contribution < -0.4 is 4.52 Å².